The van der Waals surface area contributed by atoms with Gasteiger partial charge in [-0.1, -0.05) is 30.3 Å². The standard InChI is InChI=1S/C15H20N4O/c16-11-13(10-12-4-2-1-3-5-12)15(20)19-7-6-14-17-8-9-18-14/h1-5,8-9,13H,6-7,10-11,16H2,(H,17,18)(H,19,20). The molecule has 20 heavy (non-hydrogen) atoms. The number of carbonyl (C=O) groups is 1. The predicted octanol–water partition coefficient (Wildman–Crippen LogP) is 0.886. The lowest BCUT2D eigenvalue weighted by atomic mass is 9.98. The third kappa shape index (κ3) is 4.20. The van der Waals surface area contributed by atoms with Crippen LogP contribution in [0.2, 0.25) is 0 Å². The number of aromatic nitrogens is 2. The third-order valence-corrected chi connectivity index (χ3v) is 3.20. The SMILES string of the molecule is NCC(Cc1ccccc1)C(=O)NCCc1ncc[nH]1. The predicted molar refractivity (Wildman–Crippen MR) is 78.0 cm³/mol. The van der Waals surface area contributed by atoms with Gasteiger partial charge < -0.3 is 16.0 Å². The fraction of sp³-hybridized carbons (Fsp3) is 0.333. The molecule has 5 heteroatoms. The molecule has 0 aliphatic rings. The maximum atomic E-state index is 12.1. The van der Waals surface area contributed by atoms with Gasteiger partial charge in [0.15, 0.2) is 0 Å². The molecule has 1 aromatic carbocycles. The van der Waals surface area contributed by atoms with Crippen molar-refractivity contribution in [1.82, 2.24) is 15.3 Å². The summed E-state index contributed by atoms with van der Waals surface area (Å²) in [5.41, 5.74) is 6.84. The first kappa shape index (κ1) is 14.3. The van der Waals surface area contributed by atoms with Crippen LogP contribution in [0.4, 0.5) is 0 Å². The van der Waals surface area contributed by atoms with E-state index in [4.69, 9.17) is 5.73 Å². The quantitative estimate of drug-likeness (QED) is 0.700. The zero-order valence-electron chi connectivity index (χ0n) is 11.4. The van der Waals surface area contributed by atoms with Gasteiger partial charge in [0.05, 0.1) is 5.92 Å². The van der Waals surface area contributed by atoms with E-state index in [-0.39, 0.29) is 11.8 Å². The van der Waals surface area contributed by atoms with E-state index >= 15 is 0 Å². The molecule has 2 rings (SSSR count). The average Bonchev–Trinajstić information content (AvgIpc) is 2.99. The molecule has 0 aliphatic carbocycles. The molecule has 1 unspecified atom stereocenters. The van der Waals surface area contributed by atoms with Crippen LogP contribution in [0.3, 0.4) is 0 Å². The number of H-pyrrole nitrogens is 1. The fourth-order valence-corrected chi connectivity index (χ4v) is 2.06. The van der Waals surface area contributed by atoms with Crippen molar-refractivity contribution in [3.63, 3.8) is 0 Å². The number of nitrogens with two attached hydrogens (primary N) is 1. The molecule has 0 bridgehead atoms. The Labute approximate surface area is 118 Å². The third-order valence-electron chi connectivity index (χ3n) is 3.20. The Morgan fingerprint density at radius 3 is 2.80 bits per heavy atom. The summed E-state index contributed by atoms with van der Waals surface area (Å²) in [5.74, 6) is 0.689. The van der Waals surface area contributed by atoms with Crippen molar-refractivity contribution in [2.45, 2.75) is 12.8 Å². The van der Waals surface area contributed by atoms with Gasteiger partial charge in [-0.05, 0) is 12.0 Å². The minimum atomic E-state index is -0.186. The molecule has 0 saturated heterocycles. The highest BCUT2D eigenvalue weighted by Crippen LogP contribution is 2.08. The molecule has 1 aromatic heterocycles. The van der Waals surface area contributed by atoms with Gasteiger partial charge in [0.1, 0.15) is 5.82 Å². The number of rotatable bonds is 7. The number of hydrogen-bond acceptors (Lipinski definition) is 3. The number of aromatic amines is 1. The molecule has 0 fully saturated rings. The molecule has 2 aromatic rings. The number of nitrogens with zero attached hydrogens (tertiary/aromatic N) is 1. The zero-order chi connectivity index (χ0) is 14.2. The van der Waals surface area contributed by atoms with Gasteiger partial charge in [-0.3, -0.25) is 4.79 Å². The summed E-state index contributed by atoms with van der Waals surface area (Å²) >= 11 is 0. The lowest BCUT2D eigenvalue weighted by Gasteiger charge is -2.14. The van der Waals surface area contributed by atoms with Gasteiger partial charge in [-0.15, -0.1) is 0 Å². The van der Waals surface area contributed by atoms with Gasteiger partial charge in [-0.2, -0.15) is 0 Å². The maximum absolute atomic E-state index is 12.1. The molecule has 0 spiro atoms. The molecule has 0 aliphatic heterocycles. The topological polar surface area (TPSA) is 83.8 Å². The van der Waals surface area contributed by atoms with E-state index in [0.717, 1.165) is 11.4 Å². The summed E-state index contributed by atoms with van der Waals surface area (Å²) in [7, 11) is 0. The normalized spacial score (nSPS) is 12.1. The molecule has 106 valence electrons. The van der Waals surface area contributed by atoms with Crippen molar-refractivity contribution in [3.8, 4) is 0 Å². The van der Waals surface area contributed by atoms with E-state index in [2.05, 4.69) is 15.3 Å². The van der Waals surface area contributed by atoms with E-state index in [1.807, 2.05) is 30.3 Å². The second-order valence-corrected chi connectivity index (χ2v) is 4.70. The summed E-state index contributed by atoms with van der Waals surface area (Å²) in [4.78, 5) is 19.2. The largest absolute Gasteiger partial charge is 0.355 e. The summed E-state index contributed by atoms with van der Waals surface area (Å²) in [6.45, 7) is 0.916. The van der Waals surface area contributed by atoms with E-state index in [1.165, 1.54) is 0 Å². The minimum Gasteiger partial charge on any atom is -0.355 e. The van der Waals surface area contributed by atoms with Gasteiger partial charge in [-0.25, -0.2) is 4.98 Å². The van der Waals surface area contributed by atoms with Crippen LogP contribution in [0.25, 0.3) is 0 Å². The van der Waals surface area contributed by atoms with Crippen LogP contribution in [-0.4, -0.2) is 29.0 Å². The molecule has 1 amide bonds. The second kappa shape index (κ2) is 7.45. The van der Waals surface area contributed by atoms with Crippen LogP contribution in [-0.2, 0) is 17.6 Å². The van der Waals surface area contributed by atoms with Crippen molar-refractivity contribution in [1.29, 1.82) is 0 Å². The second-order valence-electron chi connectivity index (χ2n) is 4.70. The number of carbonyl (C=O) groups excluding carboxylic acids is 1. The lowest BCUT2D eigenvalue weighted by Crippen LogP contribution is -2.37. The molecule has 4 N–H and O–H groups in total. The molecule has 0 radical (unpaired) electrons. The van der Waals surface area contributed by atoms with Crippen molar-refractivity contribution in [3.05, 3.63) is 54.1 Å². The molecule has 1 heterocycles. The highest BCUT2D eigenvalue weighted by molar-refractivity contribution is 5.79. The Kier molecular flexibility index (Phi) is 5.32. The van der Waals surface area contributed by atoms with Gasteiger partial charge in [0.25, 0.3) is 0 Å². The first-order valence-corrected chi connectivity index (χ1v) is 6.79. The number of benzene rings is 1. The molecular weight excluding hydrogens is 252 g/mol. The first-order chi connectivity index (χ1) is 9.79. The van der Waals surface area contributed by atoms with Crippen molar-refractivity contribution < 1.29 is 4.79 Å². The zero-order valence-corrected chi connectivity index (χ0v) is 11.4. The monoisotopic (exact) mass is 272 g/mol. The van der Waals surface area contributed by atoms with Crippen LogP contribution in [0.1, 0.15) is 11.4 Å². The molecule has 1 atom stereocenters. The Balaban J connectivity index is 1.79. The van der Waals surface area contributed by atoms with Crippen LogP contribution in [0.15, 0.2) is 42.7 Å². The smallest absolute Gasteiger partial charge is 0.224 e. The Morgan fingerprint density at radius 2 is 2.15 bits per heavy atom. The van der Waals surface area contributed by atoms with Gasteiger partial charge in [0, 0.05) is 31.9 Å². The van der Waals surface area contributed by atoms with Crippen molar-refractivity contribution in [2.24, 2.45) is 11.7 Å². The summed E-state index contributed by atoms with van der Waals surface area (Å²) in [5, 5.41) is 2.91. The van der Waals surface area contributed by atoms with E-state index < -0.39 is 0 Å². The number of nitrogens with one attached hydrogen (secondary N) is 2. The highest BCUT2D eigenvalue weighted by Gasteiger charge is 2.16. The Bertz CT molecular complexity index is 510. The minimum absolute atomic E-state index is 0.00269. The van der Waals surface area contributed by atoms with E-state index in [0.29, 0.717) is 25.9 Å². The van der Waals surface area contributed by atoms with Crippen molar-refractivity contribution >= 4 is 5.91 Å². The van der Waals surface area contributed by atoms with Crippen LogP contribution in [0, 0.1) is 5.92 Å². The molecule has 5 nitrogen and oxygen atoms in total. The summed E-state index contributed by atoms with van der Waals surface area (Å²) in [6, 6.07) is 9.93. The summed E-state index contributed by atoms with van der Waals surface area (Å²) < 4.78 is 0. The molecular formula is C15H20N4O. The molecule has 0 saturated carbocycles. The van der Waals surface area contributed by atoms with Gasteiger partial charge >= 0.3 is 0 Å². The maximum Gasteiger partial charge on any atom is 0.224 e. The van der Waals surface area contributed by atoms with E-state index in [9.17, 15) is 4.79 Å². The average molecular weight is 272 g/mol. The number of hydrogen-bond donors (Lipinski definition) is 3. The van der Waals surface area contributed by atoms with Crippen LogP contribution in [0.5, 0.6) is 0 Å². The lowest BCUT2D eigenvalue weighted by molar-refractivity contribution is -0.124. The first-order valence-electron chi connectivity index (χ1n) is 6.79. The number of amides is 1. The Morgan fingerprint density at radius 1 is 1.35 bits per heavy atom. The van der Waals surface area contributed by atoms with E-state index in [1.54, 1.807) is 12.4 Å². The number of imidazole rings is 1. The fourth-order valence-electron chi connectivity index (χ4n) is 2.06. The highest BCUT2D eigenvalue weighted by atomic mass is 16.1. The van der Waals surface area contributed by atoms with Gasteiger partial charge in [0.2, 0.25) is 5.91 Å². The van der Waals surface area contributed by atoms with Crippen molar-refractivity contribution in [2.75, 3.05) is 13.1 Å². The Hall–Kier alpha value is -2.14. The van der Waals surface area contributed by atoms with Crippen LogP contribution >= 0.6 is 0 Å². The summed E-state index contributed by atoms with van der Waals surface area (Å²) in [6.07, 6.45) is 4.84. The van der Waals surface area contributed by atoms with Crippen LogP contribution < -0.4 is 11.1 Å².